The minimum atomic E-state index is -1.50. The molecular formula is C37H44F3N3O7. The molecule has 2 aliphatic heterocycles. The van der Waals surface area contributed by atoms with Crippen LogP contribution in [0.2, 0.25) is 0 Å². The third kappa shape index (κ3) is 9.10. The summed E-state index contributed by atoms with van der Waals surface area (Å²) < 4.78 is 52.1. The first kappa shape index (κ1) is 38.1. The number of halogens is 3. The first-order valence-corrected chi connectivity index (χ1v) is 16.7. The predicted molar refractivity (Wildman–Crippen MR) is 179 cm³/mol. The Bertz CT molecular complexity index is 1610. The third-order valence-electron chi connectivity index (χ3n) is 9.29. The van der Waals surface area contributed by atoms with E-state index in [0.29, 0.717) is 31.0 Å². The van der Waals surface area contributed by atoms with Crippen LogP contribution in [-0.2, 0) is 34.1 Å². The van der Waals surface area contributed by atoms with Crippen LogP contribution in [0, 0.1) is 30.3 Å². The molecule has 2 aliphatic rings. The number of carbonyl (C=O) groups excluding carboxylic acids is 5. The van der Waals surface area contributed by atoms with E-state index in [0.717, 1.165) is 25.3 Å². The average Bonchev–Trinajstić information content (AvgIpc) is 3.37. The van der Waals surface area contributed by atoms with Gasteiger partial charge in [0.2, 0.25) is 11.7 Å². The fraction of sp³-hybridized carbons (Fsp3) is 0.486. The van der Waals surface area contributed by atoms with Crippen LogP contribution in [-0.4, -0.2) is 65.7 Å². The predicted octanol–water partition coefficient (Wildman–Crippen LogP) is 5.45. The highest BCUT2D eigenvalue weighted by Crippen LogP contribution is 2.41. The molecule has 0 saturated carbocycles. The molecule has 2 N–H and O–H groups in total. The second kappa shape index (κ2) is 16.4. The van der Waals surface area contributed by atoms with Crippen LogP contribution in [0.1, 0.15) is 76.8 Å². The number of nitrogens with one attached hydrogen (secondary N) is 2. The van der Waals surface area contributed by atoms with Gasteiger partial charge >= 0.3 is 17.8 Å². The Hall–Kier alpha value is -4.68. The molecule has 50 heavy (non-hydrogen) atoms. The molecule has 0 aromatic heterocycles. The van der Waals surface area contributed by atoms with Crippen molar-refractivity contribution in [1.29, 1.82) is 0 Å². The number of amides is 3. The largest absolute Gasteiger partial charge is 0.482 e. The average molecular weight is 700 g/mol. The summed E-state index contributed by atoms with van der Waals surface area (Å²) in [6, 6.07) is 5.93. The van der Waals surface area contributed by atoms with Gasteiger partial charge < -0.3 is 25.0 Å². The molecule has 2 bridgehead atoms. The van der Waals surface area contributed by atoms with Gasteiger partial charge in [0.1, 0.15) is 25.1 Å². The number of ketones is 1. The fourth-order valence-corrected chi connectivity index (χ4v) is 6.74. The van der Waals surface area contributed by atoms with Gasteiger partial charge in [-0.15, -0.1) is 0 Å². The number of anilines is 1. The second-order valence-corrected chi connectivity index (χ2v) is 13.8. The SMILES string of the molecule is C=CCOC(=O)C[C@H](NC(=O)CCC1CCC2CCC1N2C(=O)C(=O)Nc1ccccc1C(C)(C)C)C(=O)COc1c(C)c(F)cc(F)c1F. The van der Waals surface area contributed by atoms with Crippen LogP contribution in [0.15, 0.2) is 43.0 Å². The minimum absolute atomic E-state index is 0.0613. The van der Waals surface area contributed by atoms with E-state index < -0.39 is 71.7 Å². The number of hydrogen-bond donors (Lipinski definition) is 2. The molecule has 3 amide bonds. The van der Waals surface area contributed by atoms with E-state index in [2.05, 4.69) is 17.2 Å². The number of hydrogen-bond acceptors (Lipinski definition) is 7. The van der Waals surface area contributed by atoms with Crippen LogP contribution >= 0.6 is 0 Å². The Labute approximate surface area is 289 Å². The molecule has 3 unspecified atom stereocenters. The van der Waals surface area contributed by atoms with Crippen LogP contribution < -0.4 is 15.4 Å². The highest BCUT2D eigenvalue weighted by atomic mass is 19.2. The number of Topliss-reactive ketones (excluding diaryl/α,β-unsaturated/α-hetero) is 1. The standard InChI is InChI=1S/C37H44F3N3O7/c1-6-17-49-32(46)19-28(30(44)20-50-34-21(2)25(38)18-26(39)33(34)40)41-31(45)16-12-22-11-13-23-14-15-29(22)43(23)36(48)35(47)42-27-10-8-7-9-24(27)37(3,4)5/h6-10,18,22-23,28-29H,1,11-17,19-20H2,2-5H3,(H,41,45)(H,42,47)/t22?,23?,28-,29?/m0/s1. The van der Waals surface area contributed by atoms with E-state index in [1.807, 2.05) is 32.9 Å². The zero-order valence-electron chi connectivity index (χ0n) is 28.8. The topological polar surface area (TPSA) is 131 Å². The maximum absolute atomic E-state index is 14.3. The monoisotopic (exact) mass is 699 g/mol. The minimum Gasteiger partial charge on any atom is -0.482 e. The van der Waals surface area contributed by atoms with Crippen molar-refractivity contribution in [3.05, 3.63) is 71.6 Å². The molecule has 270 valence electrons. The Morgan fingerprint density at radius 1 is 1.04 bits per heavy atom. The molecule has 0 radical (unpaired) electrons. The molecule has 2 aromatic carbocycles. The lowest BCUT2D eigenvalue weighted by Gasteiger charge is -2.39. The van der Waals surface area contributed by atoms with E-state index in [1.165, 1.54) is 6.08 Å². The lowest BCUT2D eigenvalue weighted by molar-refractivity contribution is -0.147. The van der Waals surface area contributed by atoms with E-state index in [4.69, 9.17) is 9.47 Å². The number of esters is 1. The summed E-state index contributed by atoms with van der Waals surface area (Å²) in [4.78, 5) is 67.0. The molecule has 2 aromatic rings. The molecular weight excluding hydrogens is 655 g/mol. The summed E-state index contributed by atoms with van der Waals surface area (Å²) in [5, 5.41) is 5.31. The lowest BCUT2D eigenvalue weighted by Crippen LogP contribution is -2.52. The lowest BCUT2D eigenvalue weighted by atomic mass is 9.85. The summed E-state index contributed by atoms with van der Waals surface area (Å²) in [5.41, 5.74) is 0.850. The summed E-state index contributed by atoms with van der Waals surface area (Å²) in [6.07, 6.45) is 3.85. The fourth-order valence-electron chi connectivity index (χ4n) is 6.74. The maximum Gasteiger partial charge on any atom is 0.313 e. The Kier molecular flexibility index (Phi) is 12.5. The number of carbonyl (C=O) groups is 5. The zero-order valence-corrected chi connectivity index (χ0v) is 28.8. The first-order chi connectivity index (χ1) is 23.6. The van der Waals surface area contributed by atoms with E-state index >= 15 is 0 Å². The number of para-hydroxylation sites is 1. The van der Waals surface area contributed by atoms with Crippen molar-refractivity contribution in [3.8, 4) is 5.75 Å². The molecule has 2 saturated heterocycles. The first-order valence-electron chi connectivity index (χ1n) is 16.7. The van der Waals surface area contributed by atoms with Gasteiger partial charge in [0.05, 0.1) is 6.42 Å². The van der Waals surface area contributed by atoms with E-state index in [9.17, 15) is 37.1 Å². The molecule has 13 heteroatoms. The van der Waals surface area contributed by atoms with Gasteiger partial charge in [-0.25, -0.2) is 8.78 Å². The van der Waals surface area contributed by atoms with Crippen molar-refractivity contribution < 1.29 is 46.6 Å². The van der Waals surface area contributed by atoms with Gasteiger partial charge in [-0.1, -0.05) is 51.6 Å². The molecule has 4 rings (SSSR count). The van der Waals surface area contributed by atoms with Gasteiger partial charge in [-0.2, -0.15) is 4.39 Å². The molecule has 4 atom stereocenters. The zero-order chi connectivity index (χ0) is 36.7. The van der Waals surface area contributed by atoms with Gasteiger partial charge in [0, 0.05) is 35.8 Å². The molecule has 2 fully saturated rings. The van der Waals surface area contributed by atoms with Crippen LogP contribution in [0.5, 0.6) is 5.75 Å². The van der Waals surface area contributed by atoms with Gasteiger partial charge in [0.25, 0.3) is 0 Å². The Morgan fingerprint density at radius 3 is 2.44 bits per heavy atom. The number of nitrogens with zero attached hydrogens (tertiary/aromatic N) is 1. The van der Waals surface area contributed by atoms with Gasteiger partial charge in [-0.05, 0) is 62.0 Å². The maximum atomic E-state index is 14.3. The Morgan fingerprint density at radius 2 is 1.74 bits per heavy atom. The molecule has 2 heterocycles. The highest BCUT2D eigenvalue weighted by Gasteiger charge is 2.46. The van der Waals surface area contributed by atoms with E-state index in [1.54, 1.807) is 17.0 Å². The van der Waals surface area contributed by atoms with Crippen LogP contribution in [0.3, 0.4) is 0 Å². The number of ether oxygens (including phenoxy) is 2. The number of piperidine rings is 1. The smallest absolute Gasteiger partial charge is 0.313 e. The summed E-state index contributed by atoms with van der Waals surface area (Å²) >= 11 is 0. The van der Waals surface area contributed by atoms with Crippen molar-refractivity contribution >= 4 is 35.2 Å². The summed E-state index contributed by atoms with van der Waals surface area (Å²) in [7, 11) is 0. The molecule has 10 nitrogen and oxygen atoms in total. The van der Waals surface area contributed by atoms with Gasteiger partial charge in [-0.3, -0.25) is 24.0 Å². The van der Waals surface area contributed by atoms with Crippen molar-refractivity contribution in [2.75, 3.05) is 18.5 Å². The summed E-state index contributed by atoms with van der Waals surface area (Å²) in [5.74, 6) is -8.56. The summed E-state index contributed by atoms with van der Waals surface area (Å²) in [6.45, 7) is 9.61. The number of rotatable bonds is 13. The molecule has 0 spiro atoms. The number of fused-ring (bicyclic) bond motifs is 2. The van der Waals surface area contributed by atoms with Crippen LogP contribution in [0.25, 0.3) is 0 Å². The van der Waals surface area contributed by atoms with Crippen LogP contribution in [0.4, 0.5) is 18.9 Å². The van der Waals surface area contributed by atoms with Crippen molar-refractivity contribution in [2.24, 2.45) is 5.92 Å². The van der Waals surface area contributed by atoms with Gasteiger partial charge in [0.15, 0.2) is 17.3 Å². The van der Waals surface area contributed by atoms with Crippen molar-refractivity contribution in [1.82, 2.24) is 10.2 Å². The second-order valence-electron chi connectivity index (χ2n) is 13.8. The number of benzene rings is 2. The van der Waals surface area contributed by atoms with Crippen molar-refractivity contribution in [3.63, 3.8) is 0 Å². The third-order valence-corrected chi connectivity index (χ3v) is 9.29. The normalized spacial score (nSPS) is 18.9. The molecule has 0 aliphatic carbocycles. The quantitative estimate of drug-likeness (QED) is 0.123. The van der Waals surface area contributed by atoms with Crippen molar-refractivity contribution in [2.45, 2.75) is 96.2 Å². The van der Waals surface area contributed by atoms with E-state index in [-0.39, 0.29) is 42.0 Å². The highest BCUT2D eigenvalue weighted by molar-refractivity contribution is 6.39. The Balaban J connectivity index is 1.39.